The summed E-state index contributed by atoms with van der Waals surface area (Å²) in [4.78, 5) is 12.0. The van der Waals surface area contributed by atoms with Gasteiger partial charge in [-0.1, -0.05) is 43.5 Å². The molecule has 1 amide bonds. The number of halogens is 1. The van der Waals surface area contributed by atoms with Crippen molar-refractivity contribution >= 4 is 17.5 Å². The second-order valence-electron chi connectivity index (χ2n) is 5.01. The van der Waals surface area contributed by atoms with Crippen LogP contribution in [0.1, 0.15) is 43.2 Å². The van der Waals surface area contributed by atoms with Crippen molar-refractivity contribution < 1.29 is 4.79 Å². The molecule has 1 aliphatic carbocycles. The lowest BCUT2D eigenvalue weighted by Gasteiger charge is -2.20. The number of carbonyl (C=O) groups is 1. The van der Waals surface area contributed by atoms with Gasteiger partial charge in [0.25, 0.3) is 0 Å². The van der Waals surface area contributed by atoms with Gasteiger partial charge in [-0.2, -0.15) is 0 Å². The summed E-state index contributed by atoms with van der Waals surface area (Å²) in [6.07, 6.45) is 5.77. The maximum Gasteiger partial charge on any atom is 0.223 e. The molecule has 1 N–H and O–H groups in total. The molecule has 98 valence electrons. The molecule has 0 bridgehead atoms. The van der Waals surface area contributed by atoms with Crippen LogP contribution in [0.3, 0.4) is 0 Å². The lowest BCUT2D eigenvalue weighted by atomic mass is 9.88. The van der Waals surface area contributed by atoms with Crippen LogP contribution in [0.4, 0.5) is 0 Å². The van der Waals surface area contributed by atoms with Gasteiger partial charge in [0.1, 0.15) is 0 Å². The Morgan fingerprint density at radius 2 is 1.94 bits per heavy atom. The Morgan fingerprint density at radius 3 is 2.67 bits per heavy atom. The average molecular weight is 266 g/mol. The van der Waals surface area contributed by atoms with Gasteiger partial charge in [-0.15, -0.1) is 11.6 Å². The highest BCUT2D eigenvalue weighted by Gasteiger charge is 2.20. The fraction of sp³-hybridized carbons (Fsp3) is 0.533. The molecule has 1 aromatic rings. The number of alkyl halides is 1. The maximum atomic E-state index is 12.0. The van der Waals surface area contributed by atoms with Crippen molar-refractivity contribution in [1.29, 1.82) is 0 Å². The number of nitrogens with one attached hydrogen (secondary N) is 1. The zero-order valence-corrected chi connectivity index (χ0v) is 11.4. The topological polar surface area (TPSA) is 29.1 Å². The predicted molar refractivity (Wildman–Crippen MR) is 74.4 cm³/mol. The fourth-order valence-corrected chi connectivity index (χ4v) is 2.69. The van der Waals surface area contributed by atoms with Gasteiger partial charge >= 0.3 is 0 Å². The normalized spacial score (nSPS) is 16.5. The molecule has 0 spiro atoms. The van der Waals surface area contributed by atoms with Gasteiger partial charge in [0, 0.05) is 18.3 Å². The molecule has 0 saturated heterocycles. The van der Waals surface area contributed by atoms with E-state index in [1.807, 2.05) is 24.3 Å². The van der Waals surface area contributed by atoms with Gasteiger partial charge in [0.15, 0.2) is 0 Å². The minimum absolute atomic E-state index is 0.214. The van der Waals surface area contributed by atoms with E-state index in [1.165, 1.54) is 19.3 Å². The van der Waals surface area contributed by atoms with Crippen molar-refractivity contribution in [3.05, 3.63) is 35.4 Å². The molecule has 2 nitrogen and oxygen atoms in total. The quantitative estimate of drug-likeness (QED) is 0.828. The Hall–Kier alpha value is -1.02. The summed E-state index contributed by atoms with van der Waals surface area (Å²) in [6.45, 7) is 0.611. The number of carbonyl (C=O) groups excluding carboxylic acids is 1. The maximum absolute atomic E-state index is 12.0. The molecule has 1 saturated carbocycles. The predicted octanol–water partition coefficient (Wildman–Crippen LogP) is 3.62. The van der Waals surface area contributed by atoms with E-state index in [2.05, 4.69) is 5.32 Å². The molecule has 0 radical (unpaired) electrons. The molecular weight excluding hydrogens is 246 g/mol. The first-order chi connectivity index (χ1) is 8.79. The van der Waals surface area contributed by atoms with E-state index < -0.39 is 0 Å². The third-order valence-electron chi connectivity index (χ3n) is 3.59. The van der Waals surface area contributed by atoms with E-state index in [9.17, 15) is 4.79 Å². The first-order valence-corrected chi connectivity index (χ1v) is 7.24. The standard InChI is InChI=1S/C15H20ClNO/c16-10-12-5-4-6-13(9-12)11-17-15(18)14-7-2-1-3-8-14/h4-6,9,14H,1-3,7-8,10-11H2,(H,17,18). The van der Waals surface area contributed by atoms with Gasteiger partial charge in [0.05, 0.1) is 0 Å². The summed E-state index contributed by atoms with van der Waals surface area (Å²) in [7, 11) is 0. The molecule has 2 rings (SSSR count). The molecule has 18 heavy (non-hydrogen) atoms. The number of hydrogen-bond donors (Lipinski definition) is 1. The largest absolute Gasteiger partial charge is 0.352 e. The van der Waals surface area contributed by atoms with Gasteiger partial charge < -0.3 is 5.32 Å². The highest BCUT2D eigenvalue weighted by molar-refractivity contribution is 6.17. The molecule has 3 heteroatoms. The first kappa shape index (κ1) is 13.4. The van der Waals surface area contributed by atoms with Crippen molar-refractivity contribution in [1.82, 2.24) is 5.32 Å². The van der Waals surface area contributed by atoms with Gasteiger partial charge in [0.2, 0.25) is 5.91 Å². The van der Waals surface area contributed by atoms with Crippen LogP contribution in [0.2, 0.25) is 0 Å². The molecule has 0 heterocycles. The van der Waals surface area contributed by atoms with Crippen molar-refractivity contribution in [2.45, 2.75) is 44.5 Å². The Balaban J connectivity index is 1.84. The minimum atomic E-state index is 0.214. The highest BCUT2D eigenvalue weighted by Crippen LogP contribution is 2.23. The van der Waals surface area contributed by atoms with Crippen LogP contribution < -0.4 is 5.32 Å². The van der Waals surface area contributed by atoms with E-state index in [0.717, 1.165) is 24.0 Å². The molecule has 1 aromatic carbocycles. The van der Waals surface area contributed by atoms with Crippen LogP contribution in [-0.4, -0.2) is 5.91 Å². The third-order valence-corrected chi connectivity index (χ3v) is 3.90. The summed E-state index contributed by atoms with van der Waals surface area (Å²) in [6, 6.07) is 8.06. The zero-order chi connectivity index (χ0) is 12.8. The van der Waals surface area contributed by atoms with E-state index in [0.29, 0.717) is 12.4 Å². The Morgan fingerprint density at radius 1 is 1.22 bits per heavy atom. The SMILES string of the molecule is O=C(NCc1cccc(CCl)c1)C1CCCCC1. The summed E-state index contributed by atoms with van der Waals surface area (Å²) >= 11 is 5.80. The molecule has 0 aromatic heterocycles. The summed E-state index contributed by atoms with van der Waals surface area (Å²) in [5.74, 6) is 0.964. The van der Waals surface area contributed by atoms with Crippen molar-refractivity contribution in [3.8, 4) is 0 Å². The number of hydrogen-bond acceptors (Lipinski definition) is 1. The van der Waals surface area contributed by atoms with E-state index in [-0.39, 0.29) is 11.8 Å². The number of amides is 1. The second-order valence-corrected chi connectivity index (χ2v) is 5.27. The van der Waals surface area contributed by atoms with Crippen LogP contribution in [0, 0.1) is 5.92 Å². The molecular formula is C15H20ClNO. The summed E-state index contributed by atoms with van der Waals surface area (Å²) < 4.78 is 0. The van der Waals surface area contributed by atoms with Crippen LogP contribution in [-0.2, 0) is 17.2 Å². The molecule has 0 aliphatic heterocycles. The second kappa shape index (κ2) is 6.79. The van der Waals surface area contributed by atoms with E-state index in [4.69, 9.17) is 11.6 Å². The molecule has 0 unspecified atom stereocenters. The fourth-order valence-electron chi connectivity index (χ4n) is 2.52. The minimum Gasteiger partial charge on any atom is -0.352 e. The van der Waals surface area contributed by atoms with Crippen LogP contribution >= 0.6 is 11.6 Å². The van der Waals surface area contributed by atoms with Gasteiger partial charge in [-0.25, -0.2) is 0 Å². The van der Waals surface area contributed by atoms with Crippen molar-refractivity contribution in [3.63, 3.8) is 0 Å². The monoisotopic (exact) mass is 265 g/mol. The van der Waals surface area contributed by atoms with Crippen LogP contribution in [0.15, 0.2) is 24.3 Å². The van der Waals surface area contributed by atoms with E-state index >= 15 is 0 Å². The van der Waals surface area contributed by atoms with Crippen LogP contribution in [0.5, 0.6) is 0 Å². The Kier molecular flexibility index (Phi) is 5.06. The third kappa shape index (κ3) is 3.74. The van der Waals surface area contributed by atoms with Crippen molar-refractivity contribution in [2.24, 2.45) is 5.92 Å². The average Bonchev–Trinajstić information content (AvgIpc) is 2.46. The smallest absolute Gasteiger partial charge is 0.223 e. The van der Waals surface area contributed by atoms with Gasteiger partial charge in [-0.05, 0) is 24.0 Å². The van der Waals surface area contributed by atoms with Crippen LogP contribution in [0.25, 0.3) is 0 Å². The van der Waals surface area contributed by atoms with Crippen molar-refractivity contribution in [2.75, 3.05) is 0 Å². The zero-order valence-electron chi connectivity index (χ0n) is 10.6. The van der Waals surface area contributed by atoms with Gasteiger partial charge in [-0.3, -0.25) is 4.79 Å². The Bertz CT molecular complexity index is 399. The molecule has 1 fully saturated rings. The molecule has 0 atom stereocenters. The van der Waals surface area contributed by atoms with E-state index in [1.54, 1.807) is 0 Å². The summed E-state index contributed by atoms with van der Waals surface area (Å²) in [5.41, 5.74) is 2.22. The first-order valence-electron chi connectivity index (χ1n) is 6.71. The Labute approximate surface area is 114 Å². The highest BCUT2D eigenvalue weighted by atomic mass is 35.5. The number of rotatable bonds is 4. The number of benzene rings is 1. The molecule has 1 aliphatic rings. The summed E-state index contributed by atoms with van der Waals surface area (Å²) in [5, 5.41) is 3.04. The lowest BCUT2D eigenvalue weighted by molar-refractivity contribution is -0.126. The lowest BCUT2D eigenvalue weighted by Crippen LogP contribution is -2.31.